The van der Waals surface area contributed by atoms with E-state index in [0.717, 1.165) is 24.1 Å². The summed E-state index contributed by atoms with van der Waals surface area (Å²) in [4.78, 5) is 28.8. The Morgan fingerprint density at radius 2 is 1.82 bits per heavy atom. The van der Waals surface area contributed by atoms with Gasteiger partial charge in [-0.2, -0.15) is 0 Å². The highest BCUT2D eigenvalue weighted by Gasteiger charge is 2.23. The molecule has 1 aromatic carbocycles. The Bertz CT molecular complexity index is 630. The fourth-order valence-corrected chi connectivity index (χ4v) is 3.13. The Hall–Kier alpha value is -2.28. The van der Waals surface area contributed by atoms with Gasteiger partial charge in [-0.1, -0.05) is 13.8 Å². The summed E-state index contributed by atoms with van der Waals surface area (Å²) in [6.45, 7) is 8.01. The average molecular weight is 393 g/mol. The number of rotatable bonds is 11. The number of ether oxygens (including phenoxy) is 1. The van der Waals surface area contributed by atoms with Crippen LogP contribution in [0.2, 0.25) is 0 Å². The highest BCUT2D eigenvalue weighted by atomic mass is 16.5. The fraction of sp³-hybridized carbons (Fsp3) is 0.619. The molecule has 3 amide bonds. The van der Waals surface area contributed by atoms with Gasteiger partial charge in [0.1, 0.15) is 0 Å². The van der Waals surface area contributed by atoms with E-state index in [2.05, 4.69) is 10.6 Å². The minimum atomic E-state index is -0.240. The molecule has 0 fully saturated rings. The molecule has 0 atom stereocenters. The van der Waals surface area contributed by atoms with Gasteiger partial charge in [0.15, 0.2) is 0 Å². The molecule has 0 spiro atoms. The first-order valence-corrected chi connectivity index (χ1v) is 10.0. The number of anilines is 2. The maximum atomic E-state index is 13.0. The van der Waals surface area contributed by atoms with Crippen molar-refractivity contribution >= 4 is 23.3 Å². The van der Waals surface area contributed by atoms with Gasteiger partial charge in [0.25, 0.3) is 0 Å². The highest BCUT2D eigenvalue weighted by Crippen LogP contribution is 2.25. The van der Waals surface area contributed by atoms with Crippen LogP contribution >= 0.6 is 0 Å². The highest BCUT2D eigenvalue weighted by molar-refractivity contribution is 5.89. The first-order valence-electron chi connectivity index (χ1n) is 10.0. The van der Waals surface area contributed by atoms with E-state index >= 15 is 0 Å². The van der Waals surface area contributed by atoms with Crippen LogP contribution in [0.15, 0.2) is 18.2 Å². The van der Waals surface area contributed by atoms with E-state index in [1.54, 1.807) is 7.11 Å². The Morgan fingerprint density at radius 1 is 1.14 bits per heavy atom. The third kappa shape index (κ3) is 7.03. The second kappa shape index (κ2) is 12.2. The van der Waals surface area contributed by atoms with Gasteiger partial charge in [0.05, 0.1) is 6.61 Å². The predicted octanol–water partition coefficient (Wildman–Crippen LogP) is 3.31. The SMILES string of the molecule is CCNC(=O)Nc1ccc(N(C)C)c(CN(CCOC)C(=O)C(CC)CC)c1. The Morgan fingerprint density at radius 3 is 2.36 bits per heavy atom. The molecule has 0 saturated heterocycles. The monoisotopic (exact) mass is 392 g/mol. The van der Waals surface area contributed by atoms with E-state index < -0.39 is 0 Å². The number of urea groups is 1. The molecular weight excluding hydrogens is 356 g/mol. The van der Waals surface area contributed by atoms with Crippen molar-refractivity contribution in [3.63, 3.8) is 0 Å². The number of hydrogen-bond donors (Lipinski definition) is 2. The third-order valence-corrected chi connectivity index (χ3v) is 4.73. The van der Waals surface area contributed by atoms with Crippen molar-refractivity contribution in [1.29, 1.82) is 0 Å². The third-order valence-electron chi connectivity index (χ3n) is 4.73. The zero-order valence-corrected chi connectivity index (χ0v) is 18.2. The van der Waals surface area contributed by atoms with Crippen LogP contribution in [0.5, 0.6) is 0 Å². The van der Waals surface area contributed by atoms with Crippen molar-refractivity contribution in [2.75, 3.05) is 51.1 Å². The van der Waals surface area contributed by atoms with Crippen LogP contribution in [0.3, 0.4) is 0 Å². The summed E-state index contributed by atoms with van der Waals surface area (Å²) in [6, 6.07) is 5.53. The summed E-state index contributed by atoms with van der Waals surface area (Å²) >= 11 is 0. The molecule has 0 saturated carbocycles. The van der Waals surface area contributed by atoms with E-state index in [9.17, 15) is 9.59 Å². The quantitative estimate of drug-likeness (QED) is 0.606. The maximum absolute atomic E-state index is 13.0. The zero-order chi connectivity index (χ0) is 21.1. The number of nitrogens with zero attached hydrogens (tertiary/aromatic N) is 2. The molecule has 2 N–H and O–H groups in total. The molecule has 0 unspecified atom stereocenters. The Kier molecular flexibility index (Phi) is 10.4. The van der Waals surface area contributed by atoms with Crippen LogP contribution in [0.4, 0.5) is 16.2 Å². The number of carbonyl (C=O) groups is 2. The second-order valence-electron chi connectivity index (χ2n) is 6.99. The van der Waals surface area contributed by atoms with Crippen LogP contribution in [-0.2, 0) is 16.1 Å². The summed E-state index contributed by atoms with van der Waals surface area (Å²) in [6.07, 6.45) is 1.64. The van der Waals surface area contributed by atoms with Crippen LogP contribution in [0.25, 0.3) is 0 Å². The summed E-state index contributed by atoms with van der Waals surface area (Å²) in [5, 5.41) is 5.57. The maximum Gasteiger partial charge on any atom is 0.319 e. The van der Waals surface area contributed by atoms with Gasteiger partial charge in [-0.15, -0.1) is 0 Å². The van der Waals surface area contributed by atoms with Gasteiger partial charge in [-0.3, -0.25) is 4.79 Å². The second-order valence-corrected chi connectivity index (χ2v) is 6.99. The summed E-state index contributed by atoms with van der Waals surface area (Å²) in [5.41, 5.74) is 2.70. The van der Waals surface area contributed by atoms with Gasteiger partial charge in [-0.05, 0) is 43.5 Å². The molecule has 7 heteroatoms. The summed E-state index contributed by atoms with van der Waals surface area (Å²) in [5.74, 6) is 0.158. The molecule has 28 heavy (non-hydrogen) atoms. The summed E-state index contributed by atoms with van der Waals surface area (Å²) in [7, 11) is 5.58. The van der Waals surface area contributed by atoms with E-state index in [1.807, 2.05) is 62.9 Å². The molecule has 7 nitrogen and oxygen atoms in total. The number of methoxy groups -OCH3 is 1. The molecular formula is C21H36N4O3. The molecule has 1 rings (SSSR count). The van der Waals surface area contributed by atoms with Gasteiger partial charge >= 0.3 is 6.03 Å². The largest absolute Gasteiger partial charge is 0.383 e. The molecule has 1 aromatic rings. The summed E-state index contributed by atoms with van der Waals surface area (Å²) < 4.78 is 5.22. The first kappa shape index (κ1) is 23.8. The standard InChI is InChI=1S/C21H36N4O3/c1-7-16(8-2)20(26)25(12-13-28-6)15-17-14-18(23-21(27)22-9-3)10-11-19(17)24(4)5/h10-11,14,16H,7-9,12-13,15H2,1-6H3,(H2,22,23,27). The minimum Gasteiger partial charge on any atom is -0.383 e. The normalized spacial score (nSPS) is 10.7. The Balaban J connectivity index is 3.15. The zero-order valence-electron chi connectivity index (χ0n) is 18.2. The molecule has 0 aliphatic rings. The topological polar surface area (TPSA) is 73.9 Å². The Labute approximate surface area is 169 Å². The molecule has 158 valence electrons. The molecule has 0 aliphatic carbocycles. The van der Waals surface area contributed by atoms with Crippen molar-refractivity contribution in [2.45, 2.75) is 40.2 Å². The smallest absolute Gasteiger partial charge is 0.319 e. The molecule has 0 radical (unpaired) electrons. The van der Waals surface area contributed by atoms with Crippen molar-refractivity contribution in [3.8, 4) is 0 Å². The van der Waals surface area contributed by atoms with E-state index in [1.165, 1.54) is 0 Å². The fourth-order valence-electron chi connectivity index (χ4n) is 3.13. The van der Waals surface area contributed by atoms with Crippen LogP contribution < -0.4 is 15.5 Å². The minimum absolute atomic E-state index is 0.0105. The number of carbonyl (C=O) groups excluding carboxylic acids is 2. The lowest BCUT2D eigenvalue weighted by atomic mass is 10.0. The molecule has 0 heterocycles. The lowest BCUT2D eigenvalue weighted by Crippen LogP contribution is -2.38. The first-order chi connectivity index (χ1) is 13.4. The van der Waals surface area contributed by atoms with Crippen LogP contribution in [0.1, 0.15) is 39.2 Å². The van der Waals surface area contributed by atoms with E-state index in [4.69, 9.17) is 4.74 Å². The van der Waals surface area contributed by atoms with Gasteiger partial charge in [-0.25, -0.2) is 4.79 Å². The van der Waals surface area contributed by atoms with Gasteiger partial charge in [0, 0.05) is 58.1 Å². The lowest BCUT2D eigenvalue weighted by Gasteiger charge is -2.28. The van der Waals surface area contributed by atoms with Gasteiger partial charge in [0.2, 0.25) is 5.91 Å². The van der Waals surface area contributed by atoms with Crippen molar-refractivity contribution in [1.82, 2.24) is 10.2 Å². The molecule has 0 aromatic heterocycles. The predicted molar refractivity (Wildman–Crippen MR) is 115 cm³/mol. The number of amides is 3. The van der Waals surface area contributed by atoms with Crippen LogP contribution in [0, 0.1) is 5.92 Å². The van der Waals surface area contributed by atoms with Crippen molar-refractivity contribution in [3.05, 3.63) is 23.8 Å². The average Bonchev–Trinajstić information content (AvgIpc) is 2.66. The molecule has 0 bridgehead atoms. The number of benzene rings is 1. The van der Waals surface area contributed by atoms with Gasteiger partial charge < -0.3 is 25.2 Å². The van der Waals surface area contributed by atoms with Crippen molar-refractivity contribution < 1.29 is 14.3 Å². The van der Waals surface area contributed by atoms with Crippen LogP contribution in [-0.4, -0.2) is 57.7 Å². The number of nitrogens with one attached hydrogen (secondary N) is 2. The number of hydrogen-bond acceptors (Lipinski definition) is 4. The van der Waals surface area contributed by atoms with E-state index in [-0.39, 0.29) is 17.9 Å². The van der Waals surface area contributed by atoms with Crippen molar-refractivity contribution in [2.24, 2.45) is 5.92 Å². The lowest BCUT2D eigenvalue weighted by molar-refractivity contribution is -0.137. The molecule has 0 aliphatic heterocycles. The van der Waals surface area contributed by atoms with E-state index in [0.29, 0.717) is 31.9 Å².